The van der Waals surface area contributed by atoms with Crippen LogP contribution in [0.5, 0.6) is 0 Å². The summed E-state index contributed by atoms with van der Waals surface area (Å²) in [5.41, 5.74) is 1.69. The number of thiazole rings is 1. The Labute approximate surface area is 162 Å². The van der Waals surface area contributed by atoms with Crippen LogP contribution in [0, 0.1) is 11.8 Å². The molecule has 0 aliphatic carbocycles. The summed E-state index contributed by atoms with van der Waals surface area (Å²) in [7, 11) is 0. The van der Waals surface area contributed by atoms with Crippen molar-refractivity contribution in [1.82, 2.24) is 20.1 Å². The molecule has 2 fully saturated rings. The Bertz CT molecular complexity index is 805. The van der Waals surface area contributed by atoms with Crippen LogP contribution in [0.3, 0.4) is 0 Å². The number of amides is 2. The van der Waals surface area contributed by atoms with Crippen molar-refractivity contribution in [1.29, 1.82) is 0 Å². The second kappa shape index (κ2) is 7.77. The van der Waals surface area contributed by atoms with Gasteiger partial charge >= 0.3 is 0 Å². The molecule has 8 nitrogen and oxygen atoms in total. The van der Waals surface area contributed by atoms with Gasteiger partial charge in [0, 0.05) is 37.6 Å². The van der Waals surface area contributed by atoms with Gasteiger partial charge in [-0.1, -0.05) is 6.92 Å². The number of aromatic amines is 1. The van der Waals surface area contributed by atoms with E-state index in [0.29, 0.717) is 17.4 Å². The molecule has 2 amide bonds. The van der Waals surface area contributed by atoms with Crippen LogP contribution in [0.4, 0.5) is 10.8 Å². The van der Waals surface area contributed by atoms with Crippen LogP contribution in [0.15, 0.2) is 17.8 Å². The first-order valence-electron chi connectivity index (χ1n) is 9.35. The summed E-state index contributed by atoms with van der Waals surface area (Å²) in [4.78, 5) is 33.3. The van der Waals surface area contributed by atoms with Gasteiger partial charge in [-0.05, 0) is 25.3 Å². The number of likely N-dealkylation sites (tertiary alicyclic amines) is 1. The van der Waals surface area contributed by atoms with Gasteiger partial charge in [0.05, 0.1) is 23.5 Å². The minimum atomic E-state index is -0.373. The molecule has 2 N–H and O–H groups in total. The first-order chi connectivity index (χ1) is 13.1. The lowest BCUT2D eigenvalue weighted by atomic mass is 10.0. The van der Waals surface area contributed by atoms with E-state index in [-0.39, 0.29) is 24.2 Å². The molecule has 0 radical (unpaired) electrons. The number of piperidine rings is 1. The highest BCUT2D eigenvalue weighted by atomic mass is 32.1. The molecule has 2 saturated heterocycles. The summed E-state index contributed by atoms with van der Waals surface area (Å²) < 4.78 is 0. The number of rotatable bonds is 5. The summed E-state index contributed by atoms with van der Waals surface area (Å²) in [6.45, 7) is 5.69. The highest BCUT2D eigenvalue weighted by Gasteiger charge is 2.35. The number of carbonyl (C=O) groups is 2. The molecule has 2 aromatic rings. The van der Waals surface area contributed by atoms with Crippen molar-refractivity contribution in [2.75, 3.05) is 29.9 Å². The third kappa shape index (κ3) is 4.19. The minimum absolute atomic E-state index is 0.0596. The Morgan fingerprint density at radius 3 is 3.11 bits per heavy atom. The zero-order valence-corrected chi connectivity index (χ0v) is 16.2. The molecular formula is C18H24N6O2S. The molecule has 0 spiro atoms. The van der Waals surface area contributed by atoms with Crippen LogP contribution in [-0.2, 0) is 16.1 Å². The van der Waals surface area contributed by atoms with Gasteiger partial charge in [-0.25, -0.2) is 4.98 Å². The molecular weight excluding hydrogens is 364 g/mol. The normalized spacial score (nSPS) is 23.7. The Kier molecular flexibility index (Phi) is 5.22. The Morgan fingerprint density at radius 2 is 2.33 bits per heavy atom. The number of hydrogen-bond donors (Lipinski definition) is 2. The van der Waals surface area contributed by atoms with E-state index in [0.717, 1.165) is 31.2 Å². The van der Waals surface area contributed by atoms with E-state index in [1.54, 1.807) is 17.3 Å². The second-order valence-electron chi connectivity index (χ2n) is 7.48. The SMILES string of the molecule is CC1CCCN(Cc2csc(NC(=O)C3CC(=O)N(c4cn[nH]c4)C3)n2)C1. The second-order valence-corrected chi connectivity index (χ2v) is 8.34. The molecule has 0 aromatic carbocycles. The number of nitrogens with zero attached hydrogens (tertiary/aromatic N) is 4. The number of H-pyrrole nitrogens is 1. The van der Waals surface area contributed by atoms with Crippen molar-refractivity contribution in [3.05, 3.63) is 23.5 Å². The highest BCUT2D eigenvalue weighted by Crippen LogP contribution is 2.26. The van der Waals surface area contributed by atoms with Gasteiger partial charge in [-0.15, -0.1) is 11.3 Å². The van der Waals surface area contributed by atoms with Gasteiger partial charge in [0.15, 0.2) is 5.13 Å². The van der Waals surface area contributed by atoms with Gasteiger partial charge in [0.1, 0.15) is 0 Å². The average Bonchev–Trinajstić information content (AvgIpc) is 3.36. The number of aromatic nitrogens is 3. The van der Waals surface area contributed by atoms with E-state index in [4.69, 9.17) is 0 Å². The maximum atomic E-state index is 12.6. The zero-order chi connectivity index (χ0) is 18.8. The summed E-state index contributed by atoms with van der Waals surface area (Å²) in [6.07, 6.45) is 5.99. The fraction of sp³-hybridized carbons (Fsp3) is 0.556. The van der Waals surface area contributed by atoms with Crippen molar-refractivity contribution in [2.45, 2.75) is 32.7 Å². The van der Waals surface area contributed by atoms with Crippen LogP contribution < -0.4 is 10.2 Å². The Hall–Kier alpha value is -2.26. The van der Waals surface area contributed by atoms with E-state index in [1.165, 1.54) is 24.2 Å². The molecule has 2 aromatic heterocycles. The monoisotopic (exact) mass is 388 g/mol. The molecule has 2 aliphatic rings. The van der Waals surface area contributed by atoms with Crippen molar-refractivity contribution in [3.63, 3.8) is 0 Å². The van der Waals surface area contributed by atoms with Crippen LogP contribution >= 0.6 is 11.3 Å². The van der Waals surface area contributed by atoms with Crippen molar-refractivity contribution in [3.8, 4) is 0 Å². The number of anilines is 2. The maximum absolute atomic E-state index is 12.6. The molecule has 144 valence electrons. The molecule has 2 unspecified atom stereocenters. The lowest BCUT2D eigenvalue weighted by Crippen LogP contribution is -2.33. The summed E-state index contributed by atoms with van der Waals surface area (Å²) in [6, 6.07) is 0. The molecule has 9 heteroatoms. The predicted molar refractivity (Wildman–Crippen MR) is 103 cm³/mol. The molecule has 4 heterocycles. The smallest absolute Gasteiger partial charge is 0.231 e. The zero-order valence-electron chi connectivity index (χ0n) is 15.4. The molecule has 0 saturated carbocycles. The van der Waals surface area contributed by atoms with E-state index in [1.807, 2.05) is 5.38 Å². The first-order valence-corrected chi connectivity index (χ1v) is 10.2. The van der Waals surface area contributed by atoms with Crippen LogP contribution in [0.1, 0.15) is 31.9 Å². The quantitative estimate of drug-likeness (QED) is 0.818. The van der Waals surface area contributed by atoms with Gasteiger partial charge in [-0.3, -0.25) is 19.6 Å². The van der Waals surface area contributed by atoms with Crippen LogP contribution in [0.25, 0.3) is 0 Å². The largest absolute Gasteiger partial charge is 0.309 e. The summed E-state index contributed by atoms with van der Waals surface area (Å²) in [5, 5.41) is 12.1. The van der Waals surface area contributed by atoms with Gasteiger partial charge < -0.3 is 10.2 Å². The van der Waals surface area contributed by atoms with Gasteiger partial charge in [0.2, 0.25) is 11.8 Å². The van der Waals surface area contributed by atoms with Crippen LogP contribution in [0.2, 0.25) is 0 Å². The summed E-state index contributed by atoms with van der Waals surface area (Å²) in [5.74, 6) is 0.148. The third-order valence-electron chi connectivity index (χ3n) is 5.20. The fourth-order valence-corrected chi connectivity index (χ4v) is 4.53. The topological polar surface area (TPSA) is 94.2 Å². The predicted octanol–water partition coefficient (Wildman–Crippen LogP) is 2.09. The average molecular weight is 388 g/mol. The summed E-state index contributed by atoms with van der Waals surface area (Å²) >= 11 is 1.44. The minimum Gasteiger partial charge on any atom is -0.309 e. The Balaban J connectivity index is 1.32. The molecule has 2 aliphatic heterocycles. The third-order valence-corrected chi connectivity index (χ3v) is 6.01. The van der Waals surface area contributed by atoms with Crippen molar-refractivity contribution < 1.29 is 9.59 Å². The molecule has 0 bridgehead atoms. The first kappa shape index (κ1) is 18.1. The van der Waals surface area contributed by atoms with Gasteiger partial charge in [-0.2, -0.15) is 5.10 Å². The van der Waals surface area contributed by atoms with E-state index in [2.05, 4.69) is 32.3 Å². The van der Waals surface area contributed by atoms with E-state index >= 15 is 0 Å². The van der Waals surface area contributed by atoms with Gasteiger partial charge in [0.25, 0.3) is 0 Å². The maximum Gasteiger partial charge on any atom is 0.231 e. The molecule has 4 rings (SSSR count). The standard InChI is InChI=1S/C18H24N6O2S/c1-12-3-2-4-23(8-12)10-14-11-27-18(21-14)22-17(26)13-5-16(25)24(9-13)15-6-19-20-7-15/h6-7,11-13H,2-5,8-10H2,1H3,(H,19,20)(H,21,22,26). The highest BCUT2D eigenvalue weighted by molar-refractivity contribution is 7.13. The number of nitrogens with one attached hydrogen (secondary N) is 2. The lowest BCUT2D eigenvalue weighted by Gasteiger charge is -2.30. The molecule has 27 heavy (non-hydrogen) atoms. The number of carbonyl (C=O) groups excluding carboxylic acids is 2. The fourth-order valence-electron chi connectivity index (χ4n) is 3.83. The molecule has 2 atom stereocenters. The number of hydrogen-bond acceptors (Lipinski definition) is 6. The van der Waals surface area contributed by atoms with E-state index in [9.17, 15) is 9.59 Å². The van der Waals surface area contributed by atoms with Crippen molar-refractivity contribution >= 4 is 34.0 Å². The van der Waals surface area contributed by atoms with E-state index < -0.39 is 0 Å². The van der Waals surface area contributed by atoms with Crippen LogP contribution in [-0.4, -0.2) is 51.5 Å². The Morgan fingerprint density at radius 1 is 1.44 bits per heavy atom. The lowest BCUT2D eigenvalue weighted by molar-refractivity contribution is -0.122. The van der Waals surface area contributed by atoms with Crippen molar-refractivity contribution in [2.24, 2.45) is 11.8 Å².